The van der Waals surface area contributed by atoms with E-state index in [1.807, 2.05) is 66.2 Å². The van der Waals surface area contributed by atoms with Gasteiger partial charge < -0.3 is 13.9 Å². The van der Waals surface area contributed by atoms with E-state index in [-0.39, 0.29) is 21.1 Å². The molecule has 126 valence electrons. The van der Waals surface area contributed by atoms with Gasteiger partial charge in [-0.3, -0.25) is 9.97 Å². The molecule has 0 unspecified atom stereocenters. The Morgan fingerprint density at radius 2 is 1.60 bits per heavy atom. The first-order valence-corrected chi connectivity index (χ1v) is 7.52. The summed E-state index contributed by atoms with van der Waals surface area (Å²) in [6.07, 6.45) is 11.7. The summed E-state index contributed by atoms with van der Waals surface area (Å²) < 4.78 is 9.51. The minimum absolute atomic E-state index is 0. The monoisotopic (exact) mass is 509 g/mol. The van der Waals surface area contributed by atoms with Crippen molar-refractivity contribution in [2.75, 3.05) is 0 Å². The van der Waals surface area contributed by atoms with Crippen molar-refractivity contribution in [2.45, 2.75) is 6.92 Å². The number of rotatable bonds is 4. The molecule has 0 aliphatic carbocycles. The van der Waals surface area contributed by atoms with Crippen molar-refractivity contribution in [3.8, 4) is 23.1 Å². The van der Waals surface area contributed by atoms with Gasteiger partial charge in [0.05, 0.1) is 23.1 Å². The smallest absolute Gasteiger partial charge is 0.495 e. The number of pyridine rings is 2. The van der Waals surface area contributed by atoms with Gasteiger partial charge in [-0.1, -0.05) is 36.9 Å². The van der Waals surface area contributed by atoms with E-state index in [0.717, 1.165) is 17.3 Å². The SMILES string of the molecule is Cc1cc(Oc2[c-]n(-c3ccccn3)cc2)[c-]n1-c1ccccn1.[Pt+2]. The van der Waals surface area contributed by atoms with Crippen LogP contribution < -0.4 is 4.74 Å². The van der Waals surface area contributed by atoms with Crippen LogP contribution in [-0.2, 0) is 21.1 Å². The molecule has 0 aliphatic heterocycles. The van der Waals surface area contributed by atoms with E-state index in [2.05, 4.69) is 22.4 Å². The first kappa shape index (κ1) is 17.2. The first-order valence-electron chi connectivity index (χ1n) is 7.52. The molecule has 4 rings (SSSR count). The van der Waals surface area contributed by atoms with Crippen molar-refractivity contribution < 1.29 is 25.8 Å². The summed E-state index contributed by atoms with van der Waals surface area (Å²) in [5.41, 5.74) is 0.993. The van der Waals surface area contributed by atoms with Gasteiger partial charge in [-0.25, -0.2) is 0 Å². The van der Waals surface area contributed by atoms with Crippen molar-refractivity contribution in [1.82, 2.24) is 19.1 Å². The molecule has 0 bridgehead atoms. The fourth-order valence-electron chi connectivity index (χ4n) is 2.40. The Morgan fingerprint density at radius 1 is 0.880 bits per heavy atom. The molecule has 0 spiro atoms. The second kappa shape index (κ2) is 7.49. The summed E-state index contributed by atoms with van der Waals surface area (Å²) >= 11 is 0. The number of hydrogen-bond acceptors (Lipinski definition) is 3. The number of nitrogens with zero attached hydrogens (tertiary/aromatic N) is 4. The fraction of sp³-hybridized carbons (Fsp3) is 0.0526. The first-order chi connectivity index (χ1) is 11.8. The van der Waals surface area contributed by atoms with Crippen LogP contribution in [0.2, 0.25) is 0 Å². The molecule has 0 radical (unpaired) electrons. The van der Waals surface area contributed by atoms with Crippen molar-refractivity contribution in [3.05, 3.63) is 85.2 Å². The molecule has 0 atom stereocenters. The Hall–Kier alpha value is -2.65. The van der Waals surface area contributed by atoms with Gasteiger partial charge in [0, 0.05) is 12.4 Å². The molecule has 4 aromatic rings. The quantitative estimate of drug-likeness (QED) is 0.394. The second-order valence-electron chi connectivity index (χ2n) is 5.24. The van der Waals surface area contributed by atoms with Crippen molar-refractivity contribution in [2.24, 2.45) is 0 Å². The largest absolute Gasteiger partial charge is 2.00 e. The van der Waals surface area contributed by atoms with Gasteiger partial charge in [0.1, 0.15) is 0 Å². The summed E-state index contributed by atoms with van der Waals surface area (Å²) in [5, 5.41) is 0. The molecule has 4 aromatic heterocycles. The van der Waals surface area contributed by atoms with Crippen LogP contribution in [0.5, 0.6) is 11.5 Å². The van der Waals surface area contributed by atoms with Crippen molar-refractivity contribution in [1.29, 1.82) is 0 Å². The molecule has 0 fully saturated rings. The van der Waals surface area contributed by atoms with Crippen molar-refractivity contribution in [3.63, 3.8) is 0 Å². The van der Waals surface area contributed by atoms with Gasteiger partial charge >= 0.3 is 21.1 Å². The molecule has 25 heavy (non-hydrogen) atoms. The average Bonchev–Trinajstić information content (AvgIpc) is 3.23. The van der Waals surface area contributed by atoms with E-state index < -0.39 is 0 Å². The van der Waals surface area contributed by atoms with Crippen LogP contribution in [0.4, 0.5) is 0 Å². The van der Waals surface area contributed by atoms with Crippen LogP contribution in [0, 0.1) is 19.3 Å². The summed E-state index contributed by atoms with van der Waals surface area (Å²) in [5.74, 6) is 2.82. The zero-order valence-corrected chi connectivity index (χ0v) is 15.6. The number of aryl methyl sites for hydroxylation is 1. The summed E-state index contributed by atoms with van der Waals surface area (Å²) in [6.45, 7) is 1.99. The zero-order chi connectivity index (χ0) is 16.4. The number of hydrogen-bond donors (Lipinski definition) is 0. The minimum Gasteiger partial charge on any atom is -0.495 e. The van der Waals surface area contributed by atoms with Crippen LogP contribution in [0.15, 0.2) is 67.1 Å². The fourth-order valence-corrected chi connectivity index (χ4v) is 2.40. The van der Waals surface area contributed by atoms with Crippen LogP contribution in [-0.4, -0.2) is 19.1 Å². The molecule has 0 amide bonds. The average molecular weight is 509 g/mol. The standard InChI is InChI=1S/C19H14N4O.Pt/c1-15-12-17(14-23(15)19-7-3-5-10-21-19)24-16-8-11-22(13-16)18-6-2-4-9-20-18;/h2-12H,1H3;/q-2;+2. The van der Waals surface area contributed by atoms with E-state index in [1.165, 1.54) is 0 Å². The van der Waals surface area contributed by atoms with E-state index >= 15 is 0 Å². The van der Waals surface area contributed by atoms with Gasteiger partial charge in [-0.2, -0.15) is 0 Å². The van der Waals surface area contributed by atoms with E-state index in [0.29, 0.717) is 11.5 Å². The third kappa shape index (κ3) is 3.72. The molecule has 0 saturated carbocycles. The summed E-state index contributed by atoms with van der Waals surface area (Å²) in [7, 11) is 0. The van der Waals surface area contributed by atoms with Gasteiger partial charge in [-0.05, 0) is 24.5 Å². The van der Waals surface area contributed by atoms with E-state index in [1.54, 1.807) is 17.0 Å². The van der Waals surface area contributed by atoms with Gasteiger partial charge in [0.2, 0.25) is 0 Å². The van der Waals surface area contributed by atoms with Gasteiger partial charge in [-0.15, -0.1) is 18.3 Å². The maximum absolute atomic E-state index is 5.86. The molecule has 5 nitrogen and oxygen atoms in total. The number of ether oxygens (including phenoxy) is 1. The Balaban J connectivity index is 0.00000182. The maximum Gasteiger partial charge on any atom is 2.00 e. The van der Waals surface area contributed by atoms with Gasteiger partial charge in [0.15, 0.2) is 0 Å². The second-order valence-corrected chi connectivity index (χ2v) is 5.24. The van der Waals surface area contributed by atoms with Crippen LogP contribution >= 0.6 is 0 Å². The summed E-state index contributed by atoms with van der Waals surface area (Å²) in [6, 6.07) is 15.2. The summed E-state index contributed by atoms with van der Waals surface area (Å²) in [4.78, 5) is 8.61. The van der Waals surface area contributed by atoms with Crippen LogP contribution in [0.1, 0.15) is 5.69 Å². The third-order valence-electron chi connectivity index (χ3n) is 3.51. The molecule has 4 heterocycles. The molecule has 0 aromatic carbocycles. The zero-order valence-electron chi connectivity index (χ0n) is 13.4. The maximum atomic E-state index is 5.86. The predicted molar refractivity (Wildman–Crippen MR) is 89.6 cm³/mol. The Bertz CT molecular complexity index is 948. The van der Waals surface area contributed by atoms with Crippen LogP contribution in [0.3, 0.4) is 0 Å². The van der Waals surface area contributed by atoms with Crippen LogP contribution in [0.25, 0.3) is 11.6 Å². The molecule has 0 aliphatic rings. The molecule has 0 N–H and O–H groups in total. The molecule has 6 heteroatoms. The van der Waals surface area contributed by atoms with Crippen molar-refractivity contribution >= 4 is 0 Å². The Morgan fingerprint density at radius 3 is 2.28 bits per heavy atom. The van der Waals surface area contributed by atoms with E-state index in [4.69, 9.17) is 4.74 Å². The molecule has 0 saturated heterocycles. The normalized spacial score (nSPS) is 10.3. The van der Waals surface area contributed by atoms with E-state index in [9.17, 15) is 0 Å². The Kier molecular flexibility index (Phi) is 5.15. The van der Waals surface area contributed by atoms with Gasteiger partial charge in [0.25, 0.3) is 0 Å². The topological polar surface area (TPSA) is 44.9 Å². The Labute approximate surface area is 160 Å². The molecular formula is C19H14N4OPt. The molecular weight excluding hydrogens is 495 g/mol. The minimum atomic E-state index is 0. The third-order valence-corrected chi connectivity index (χ3v) is 3.51. The predicted octanol–water partition coefficient (Wildman–Crippen LogP) is 3.76. The number of aromatic nitrogens is 4.